The maximum Gasteiger partial charge on any atom is 0.260 e. The molecule has 8 heteroatoms. The second kappa shape index (κ2) is 7.39. The van der Waals surface area contributed by atoms with Gasteiger partial charge >= 0.3 is 0 Å². The van der Waals surface area contributed by atoms with Crippen LogP contribution in [0.1, 0.15) is 29.6 Å². The van der Waals surface area contributed by atoms with Crippen LogP contribution in [0.2, 0.25) is 0 Å². The molecule has 2 amide bonds. The van der Waals surface area contributed by atoms with Gasteiger partial charge in [-0.05, 0) is 18.6 Å². The topological polar surface area (TPSA) is 66.9 Å². The van der Waals surface area contributed by atoms with Crippen molar-refractivity contribution in [3.63, 3.8) is 0 Å². The molecule has 26 heavy (non-hydrogen) atoms. The van der Waals surface area contributed by atoms with Gasteiger partial charge in [-0.3, -0.25) is 14.4 Å². The number of carbonyl (C=O) groups is 3. The smallest absolute Gasteiger partial charge is 0.260 e. The zero-order chi connectivity index (χ0) is 18.8. The average Bonchev–Trinajstić information content (AvgIpc) is 2.86. The molecule has 0 unspecified atom stereocenters. The van der Waals surface area contributed by atoms with Gasteiger partial charge < -0.3 is 14.5 Å². The third-order valence-electron chi connectivity index (χ3n) is 4.88. The van der Waals surface area contributed by atoms with Crippen molar-refractivity contribution in [2.45, 2.75) is 19.3 Å². The van der Waals surface area contributed by atoms with Gasteiger partial charge in [-0.2, -0.15) is 0 Å². The normalized spacial score (nSPS) is 18.3. The highest BCUT2D eigenvalue weighted by molar-refractivity contribution is 5.98. The zero-order valence-electron chi connectivity index (χ0n) is 14.5. The van der Waals surface area contributed by atoms with Crippen LogP contribution in [0.5, 0.6) is 5.75 Å². The van der Waals surface area contributed by atoms with Gasteiger partial charge in [0.25, 0.3) is 5.91 Å². The molecule has 1 aromatic carbocycles. The second-order valence-electron chi connectivity index (χ2n) is 6.55. The highest BCUT2D eigenvalue weighted by Gasteiger charge is 2.36. The van der Waals surface area contributed by atoms with E-state index in [9.17, 15) is 23.2 Å². The highest BCUT2D eigenvalue weighted by Crippen LogP contribution is 2.27. The van der Waals surface area contributed by atoms with Crippen LogP contribution in [0.3, 0.4) is 0 Å². The molecule has 0 bridgehead atoms. The SMILES string of the molecule is COc1ccc(F)c(F)c1C(=O)N1CCCN(C(=O)C2CC(=O)C2)CC1. The lowest BCUT2D eigenvalue weighted by molar-refractivity contribution is -0.144. The standard InChI is InChI=1S/C18H20F2N2O4/c1-26-14-4-3-13(19)16(20)15(14)18(25)22-6-2-5-21(7-8-22)17(24)11-9-12(23)10-11/h3-4,11H,2,5-10H2,1H3. The average molecular weight is 366 g/mol. The fraction of sp³-hybridized carbons (Fsp3) is 0.500. The first-order chi connectivity index (χ1) is 12.4. The molecular weight excluding hydrogens is 346 g/mol. The van der Waals surface area contributed by atoms with E-state index in [0.717, 1.165) is 6.07 Å². The largest absolute Gasteiger partial charge is 0.496 e. The summed E-state index contributed by atoms with van der Waals surface area (Å²) in [5, 5.41) is 0. The summed E-state index contributed by atoms with van der Waals surface area (Å²) in [5.41, 5.74) is -0.433. The Kier molecular flexibility index (Phi) is 5.20. The van der Waals surface area contributed by atoms with Crippen molar-refractivity contribution in [3.05, 3.63) is 29.3 Å². The summed E-state index contributed by atoms with van der Waals surface area (Å²) in [6, 6.07) is 2.13. The molecule has 0 spiro atoms. The number of ketones is 1. The fourth-order valence-electron chi connectivity index (χ4n) is 3.32. The van der Waals surface area contributed by atoms with Crippen LogP contribution in [0.4, 0.5) is 8.78 Å². The van der Waals surface area contributed by atoms with Crippen molar-refractivity contribution in [2.75, 3.05) is 33.3 Å². The molecule has 0 atom stereocenters. The van der Waals surface area contributed by atoms with Crippen molar-refractivity contribution in [1.82, 2.24) is 9.80 Å². The summed E-state index contributed by atoms with van der Waals surface area (Å²) in [6.45, 7) is 1.31. The first-order valence-corrected chi connectivity index (χ1v) is 8.54. The van der Waals surface area contributed by atoms with Gasteiger partial charge in [0.15, 0.2) is 11.6 Å². The molecule has 2 fully saturated rings. The van der Waals surface area contributed by atoms with Gasteiger partial charge in [0, 0.05) is 39.0 Å². The predicted molar refractivity (Wildman–Crippen MR) is 87.7 cm³/mol. The molecule has 1 aromatic rings. The number of halogens is 2. The van der Waals surface area contributed by atoms with Crippen LogP contribution in [-0.2, 0) is 9.59 Å². The number of carbonyl (C=O) groups excluding carboxylic acids is 3. The molecule has 1 aliphatic heterocycles. The van der Waals surface area contributed by atoms with Crippen LogP contribution in [0.15, 0.2) is 12.1 Å². The molecule has 2 aliphatic rings. The Bertz CT molecular complexity index is 745. The van der Waals surface area contributed by atoms with Crippen LogP contribution in [0.25, 0.3) is 0 Å². The quantitative estimate of drug-likeness (QED) is 0.816. The third-order valence-corrected chi connectivity index (χ3v) is 4.88. The summed E-state index contributed by atoms with van der Waals surface area (Å²) in [5.74, 6) is -3.29. The van der Waals surface area contributed by atoms with Crippen molar-refractivity contribution in [2.24, 2.45) is 5.92 Å². The van der Waals surface area contributed by atoms with E-state index in [1.54, 1.807) is 4.90 Å². The number of methoxy groups -OCH3 is 1. The summed E-state index contributed by atoms with van der Waals surface area (Å²) < 4.78 is 32.7. The summed E-state index contributed by atoms with van der Waals surface area (Å²) in [7, 11) is 1.28. The molecule has 0 N–H and O–H groups in total. The van der Waals surface area contributed by atoms with Gasteiger partial charge in [-0.1, -0.05) is 0 Å². The molecule has 6 nitrogen and oxygen atoms in total. The Balaban J connectivity index is 1.71. The first kappa shape index (κ1) is 18.3. The third kappa shape index (κ3) is 3.40. The van der Waals surface area contributed by atoms with Gasteiger partial charge in [0.05, 0.1) is 13.0 Å². The van der Waals surface area contributed by atoms with E-state index in [-0.39, 0.29) is 42.7 Å². The number of rotatable bonds is 3. The Labute approximate surface area is 149 Å². The monoisotopic (exact) mass is 366 g/mol. The Morgan fingerprint density at radius 1 is 1.08 bits per heavy atom. The van der Waals surface area contributed by atoms with Crippen LogP contribution in [-0.4, -0.2) is 60.7 Å². The number of nitrogens with zero attached hydrogens (tertiary/aromatic N) is 2. The molecule has 1 saturated carbocycles. The maximum atomic E-state index is 14.2. The van der Waals surface area contributed by atoms with E-state index in [1.807, 2.05) is 0 Å². The minimum Gasteiger partial charge on any atom is -0.496 e. The number of amides is 2. The molecule has 0 aromatic heterocycles. The van der Waals surface area contributed by atoms with Gasteiger partial charge in [0.2, 0.25) is 5.91 Å². The van der Waals surface area contributed by atoms with Crippen molar-refractivity contribution < 1.29 is 27.9 Å². The second-order valence-corrected chi connectivity index (χ2v) is 6.55. The van der Waals surface area contributed by atoms with E-state index < -0.39 is 23.1 Å². The lowest BCUT2D eigenvalue weighted by atomic mass is 9.83. The first-order valence-electron chi connectivity index (χ1n) is 8.54. The van der Waals surface area contributed by atoms with Crippen molar-refractivity contribution in [1.29, 1.82) is 0 Å². The lowest BCUT2D eigenvalue weighted by Gasteiger charge is -2.30. The summed E-state index contributed by atoms with van der Waals surface area (Å²) in [4.78, 5) is 39.2. The number of benzene rings is 1. The summed E-state index contributed by atoms with van der Waals surface area (Å²) >= 11 is 0. The molecule has 140 valence electrons. The minimum atomic E-state index is -1.24. The predicted octanol–water partition coefficient (Wildman–Crippen LogP) is 1.63. The number of Topliss-reactive ketones (excluding diaryl/α,β-unsaturated/α-hetero) is 1. The number of hydrogen-bond acceptors (Lipinski definition) is 4. The molecule has 1 heterocycles. The number of hydrogen-bond donors (Lipinski definition) is 0. The Morgan fingerprint density at radius 3 is 2.38 bits per heavy atom. The van der Waals surface area contributed by atoms with E-state index in [2.05, 4.69) is 0 Å². The van der Waals surface area contributed by atoms with Crippen LogP contribution >= 0.6 is 0 Å². The molecule has 0 radical (unpaired) electrons. The molecule has 3 rings (SSSR count). The Hall–Kier alpha value is -2.51. The fourth-order valence-corrected chi connectivity index (χ4v) is 3.32. The van der Waals surface area contributed by atoms with E-state index in [4.69, 9.17) is 4.74 Å². The van der Waals surface area contributed by atoms with Crippen molar-refractivity contribution >= 4 is 17.6 Å². The zero-order valence-corrected chi connectivity index (χ0v) is 14.5. The van der Waals surface area contributed by atoms with Gasteiger partial charge in [-0.15, -0.1) is 0 Å². The van der Waals surface area contributed by atoms with Crippen LogP contribution in [0, 0.1) is 17.6 Å². The van der Waals surface area contributed by atoms with Crippen molar-refractivity contribution in [3.8, 4) is 5.75 Å². The van der Waals surface area contributed by atoms with Gasteiger partial charge in [-0.25, -0.2) is 8.78 Å². The highest BCUT2D eigenvalue weighted by atomic mass is 19.2. The van der Waals surface area contributed by atoms with E-state index in [0.29, 0.717) is 26.1 Å². The molecular formula is C18H20F2N2O4. The molecule has 1 aliphatic carbocycles. The van der Waals surface area contributed by atoms with Gasteiger partial charge in [0.1, 0.15) is 17.1 Å². The van der Waals surface area contributed by atoms with Crippen LogP contribution < -0.4 is 4.74 Å². The minimum absolute atomic E-state index is 0.0286. The lowest BCUT2D eigenvalue weighted by Crippen LogP contribution is -2.44. The molecule has 1 saturated heterocycles. The number of ether oxygens (including phenoxy) is 1. The van der Waals surface area contributed by atoms with E-state index >= 15 is 0 Å². The summed E-state index contributed by atoms with van der Waals surface area (Å²) in [6.07, 6.45) is 1.09. The Morgan fingerprint density at radius 2 is 1.73 bits per heavy atom. The van der Waals surface area contributed by atoms with E-state index in [1.165, 1.54) is 18.1 Å². The maximum absolute atomic E-state index is 14.2.